The molecule has 1 aromatic carbocycles. The van der Waals surface area contributed by atoms with Crippen LogP contribution in [0, 0.1) is 0 Å². The first-order valence-corrected chi connectivity index (χ1v) is 13.1. The van der Waals surface area contributed by atoms with E-state index < -0.39 is 0 Å². The average molecular weight is 503 g/mol. The van der Waals surface area contributed by atoms with Gasteiger partial charge in [0.25, 0.3) is 0 Å². The summed E-state index contributed by atoms with van der Waals surface area (Å²) >= 11 is 0. The molecular weight excluding hydrogens is 468 g/mol. The normalized spacial score (nSPS) is 21.8. The Bertz CT molecular complexity index is 1220. The van der Waals surface area contributed by atoms with Gasteiger partial charge in [0, 0.05) is 81.4 Å². The van der Waals surface area contributed by atoms with Gasteiger partial charge in [-0.05, 0) is 37.1 Å². The fourth-order valence-electron chi connectivity index (χ4n) is 5.84. The third-order valence-electron chi connectivity index (χ3n) is 7.69. The molecule has 4 N–H and O–H groups in total. The zero-order valence-corrected chi connectivity index (χ0v) is 21.0. The Balaban J connectivity index is 1.15. The maximum atomic E-state index is 10.3. The molecule has 3 aromatic rings. The number of para-hydroxylation sites is 1. The Morgan fingerprint density at radius 3 is 2.59 bits per heavy atom. The molecule has 3 aliphatic rings. The lowest BCUT2D eigenvalue weighted by Crippen LogP contribution is -2.54. The summed E-state index contributed by atoms with van der Waals surface area (Å²) in [7, 11) is 0. The minimum atomic E-state index is 0.182. The summed E-state index contributed by atoms with van der Waals surface area (Å²) < 4.78 is 6.04. The van der Waals surface area contributed by atoms with Gasteiger partial charge in [-0.1, -0.05) is 12.1 Å². The van der Waals surface area contributed by atoms with Crippen LogP contribution in [0.15, 0.2) is 48.7 Å². The maximum absolute atomic E-state index is 10.3. The fraction of sp³-hybridized carbons (Fsp3) is 0.444. The van der Waals surface area contributed by atoms with E-state index >= 15 is 0 Å². The van der Waals surface area contributed by atoms with Crippen LogP contribution in [0.5, 0.6) is 11.6 Å². The average Bonchev–Trinajstić information content (AvgIpc) is 3.19. The lowest BCUT2D eigenvalue weighted by atomic mass is 10.1. The van der Waals surface area contributed by atoms with Gasteiger partial charge in [-0.25, -0.2) is 4.98 Å². The predicted octanol–water partition coefficient (Wildman–Crippen LogP) is 1.97. The highest BCUT2D eigenvalue weighted by Crippen LogP contribution is 2.39. The van der Waals surface area contributed by atoms with E-state index in [-0.39, 0.29) is 5.75 Å². The number of nitrogen functional groups attached to an aromatic ring is 1. The molecular formula is C27H34N8O2. The van der Waals surface area contributed by atoms with E-state index in [9.17, 15) is 5.11 Å². The molecule has 0 radical (unpaired) electrons. The molecule has 5 heterocycles. The standard InChI is InChI=1S/C27H34N8O2/c28-27-24(16-23(31-32-27)22-3-1-2-4-25(22)36)34-17-20-5-6-21(18-34)35(20)19-7-8-30-26(15-19)37-14-13-33-11-9-29-10-12-33/h1-4,7-8,15-16,20-21,29,36H,5-6,9-14,17-18H2,(H2,28,32). The molecule has 2 aromatic heterocycles. The number of hydrogen-bond donors (Lipinski definition) is 3. The smallest absolute Gasteiger partial charge is 0.215 e. The van der Waals surface area contributed by atoms with Gasteiger partial charge in [0.05, 0.1) is 11.4 Å². The number of fused-ring (bicyclic) bond motifs is 2. The lowest BCUT2D eigenvalue weighted by Gasteiger charge is -2.43. The van der Waals surface area contributed by atoms with Crippen LogP contribution in [0.25, 0.3) is 11.3 Å². The van der Waals surface area contributed by atoms with Crippen LogP contribution in [0.3, 0.4) is 0 Å². The number of phenolic OH excluding ortho intramolecular Hbond substituents is 1. The minimum absolute atomic E-state index is 0.182. The van der Waals surface area contributed by atoms with Crippen LogP contribution < -0.4 is 25.6 Å². The summed E-state index contributed by atoms with van der Waals surface area (Å²) in [6.45, 7) is 7.46. The second-order valence-corrected chi connectivity index (χ2v) is 10.0. The topological polar surface area (TPSA) is 116 Å². The number of aromatic hydroxyl groups is 1. The number of hydrogen-bond acceptors (Lipinski definition) is 10. The van der Waals surface area contributed by atoms with Gasteiger partial charge in [0.2, 0.25) is 5.88 Å². The van der Waals surface area contributed by atoms with E-state index in [1.807, 2.05) is 24.4 Å². The molecule has 0 amide bonds. The van der Waals surface area contributed by atoms with Crippen molar-refractivity contribution >= 4 is 17.2 Å². The van der Waals surface area contributed by atoms with Gasteiger partial charge >= 0.3 is 0 Å². The molecule has 3 saturated heterocycles. The quantitative estimate of drug-likeness (QED) is 0.443. The summed E-state index contributed by atoms with van der Waals surface area (Å²) in [4.78, 5) is 11.7. The van der Waals surface area contributed by atoms with Crippen molar-refractivity contribution < 1.29 is 9.84 Å². The molecule has 0 saturated carbocycles. The molecule has 10 nitrogen and oxygen atoms in total. The first-order valence-electron chi connectivity index (χ1n) is 13.1. The molecule has 37 heavy (non-hydrogen) atoms. The number of piperazine rings is 2. The minimum Gasteiger partial charge on any atom is -0.507 e. The van der Waals surface area contributed by atoms with Crippen LogP contribution in [-0.2, 0) is 0 Å². The molecule has 0 spiro atoms. The maximum Gasteiger partial charge on any atom is 0.215 e. The Labute approximate surface area is 217 Å². The third kappa shape index (κ3) is 4.99. The number of nitrogens with one attached hydrogen (secondary N) is 1. The van der Waals surface area contributed by atoms with Crippen LogP contribution in [0.4, 0.5) is 17.2 Å². The van der Waals surface area contributed by atoms with Gasteiger partial charge in [0.15, 0.2) is 5.82 Å². The molecule has 3 aliphatic heterocycles. The fourth-order valence-corrected chi connectivity index (χ4v) is 5.84. The molecule has 3 fully saturated rings. The van der Waals surface area contributed by atoms with E-state index in [0.717, 1.165) is 70.0 Å². The summed E-state index contributed by atoms with van der Waals surface area (Å²) in [6.07, 6.45) is 4.09. The van der Waals surface area contributed by atoms with Crippen LogP contribution in [0.2, 0.25) is 0 Å². The number of nitrogens with zero attached hydrogens (tertiary/aromatic N) is 6. The second-order valence-electron chi connectivity index (χ2n) is 10.0. The highest BCUT2D eigenvalue weighted by atomic mass is 16.5. The van der Waals surface area contributed by atoms with Gasteiger partial charge in [-0.15, -0.1) is 10.2 Å². The van der Waals surface area contributed by atoms with Crippen molar-refractivity contribution in [2.75, 3.05) is 68.0 Å². The Morgan fingerprint density at radius 2 is 1.81 bits per heavy atom. The molecule has 2 bridgehead atoms. The summed E-state index contributed by atoms with van der Waals surface area (Å²) in [5.41, 5.74) is 9.60. The van der Waals surface area contributed by atoms with E-state index in [0.29, 0.717) is 41.6 Å². The number of benzene rings is 1. The Morgan fingerprint density at radius 1 is 1.03 bits per heavy atom. The van der Waals surface area contributed by atoms with Gasteiger partial charge in [-0.2, -0.15) is 0 Å². The summed E-state index contributed by atoms with van der Waals surface area (Å²) in [5, 5.41) is 22.1. The second kappa shape index (κ2) is 10.4. The molecule has 194 valence electrons. The number of ether oxygens (including phenoxy) is 1. The molecule has 0 aliphatic carbocycles. The van der Waals surface area contributed by atoms with Gasteiger partial charge < -0.3 is 30.7 Å². The summed E-state index contributed by atoms with van der Waals surface area (Å²) in [6, 6.07) is 14.0. The van der Waals surface area contributed by atoms with Crippen molar-refractivity contribution in [2.45, 2.75) is 24.9 Å². The van der Waals surface area contributed by atoms with E-state index in [4.69, 9.17) is 10.5 Å². The van der Waals surface area contributed by atoms with Gasteiger partial charge in [-0.3, -0.25) is 4.90 Å². The van der Waals surface area contributed by atoms with Crippen molar-refractivity contribution in [1.82, 2.24) is 25.4 Å². The zero-order valence-electron chi connectivity index (χ0n) is 21.0. The molecule has 6 rings (SSSR count). The highest BCUT2D eigenvalue weighted by molar-refractivity contribution is 5.74. The van der Waals surface area contributed by atoms with Crippen molar-refractivity contribution in [1.29, 1.82) is 0 Å². The Kier molecular flexibility index (Phi) is 6.67. The zero-order chi connectivity index (χ0) is 25.2. The van der Waals surface area contributed by atoms with E-state index in [2.05, 4.69) is 47.3 Å². The van der Waals surface area contributed by atoms with Crippen molar-refractivity contribution in [3.63, 3.8) is 0 Å². The number of nitrogens with two attached hydrogens (primary N) is 1. The monoisotopic (exact) mass is 502 g/mol. The number of aromatic nitrogens is 3. The third-order valence-corrected chi connectivity index (χ3v) is 7.69. The van der Waals surface area contributed by atoms with Gasteiger partial charge in [0.1, 0.15) is 12.4 Å². The van der Waals surface area contributed by atoms with Crippen molar-refractivity contribution in [3.8, 4) is 22.9 Å². The van der Waals surface area contributed by atoms with Crippen LogP contribution in [-0.4, -0.2) is 89.7 Å². The first kappa shape index (κ1) is 23.7. The number of phenols is 1. The number of rotatable bonds is 7. The number of pyridine rings is 1. The van der Waals surface area contributed by atoms with E-state index in [1.165, 1.54) is 0 Å². The molecule has 2 unspecified atom stereocenters. The first-order chi connectivity index (χ1) is 18.2. The number of anilines is 3. The SMILES string of the molecule is Nc1nnc(-c2ccccc2O)cc1N1CC2CCC(C1)N2c1ccnc(OCCN2CCNCC2)c1. The highest BCUT2D eigenvalue weighted by Gasteiger charge is 2.41. The predicted molar refractivity (Wildman–Crippen MR) is 144 cm³/mol. The Hall–Kier alpha value is -3.63. The molecule has 2 atom stereocenters. The lowest BCUT2D eigenvalue weighted by molar-refractivity contribution is 0.188. The summed E-state index contributed by atoms with van der Waals surface area (Å²) in [5.74, 6) is 1.28. The van der Waals surface area contributed by atoms with Crippen molar-refractivity contribution in [2.24, 2.45) is 0 Å². The van der Waals surface area contributed by atoms with Crippen molar-refractivity contribution in [3.05, 3.63) is 48.7 Å². The van der Waals surface area contributed by atoms with Crippen LogP contribution in [0.1, 0.15) is 12.8 Å². The van der Waals surface area contributed by atoms with E-state index in [1.54, 1.807) is 12.1 Å². The largest absolute Gasteiger partial charge is 0.507 e. The molecule has 10 heteroatoms. The van der Waals surface area contributed by atoms with Crippen LogP contribution >= 0.6 is 0 Å².